The number of rotatable bonds is 1. The van der Waals surface area contributed by atoms with Crippen molar-refractivity contribution in [1.29, 1.82) is 0 Å². The Bertz CT molecular complexity index is 955. The number of aromatic nitrogens is 2. The Kier molecular flexibility index (Phi) is 2.96. The lowest BCUT2D eigenvalue weighted by molar-refractivity contribution is 1.22. The first-order chi connectivity index (χ1) is 10.2. The Morgan fingerprint density at radius 1 is 0.857 bits per heavy atom. The molecule has 0 spiro atoms. The molecule has 2 nitrogen and oxygen atoms in total. The number of hydrogen-bond donors (Lipinski definition) is 0. The van der Waals surface area contributed by atoms with E-state index in [0.29, 0.717) is 0 Å². The average molecular weight is 384 g/mol. The fourth-order valence-corrected chi connectivity index (χ4v) is 3.59. The largest absolute Gasteiger partial charge is 0.280 e. The molecule has 0 aliphatic heterocycles. The molecule has 0 radical (unpaired) electrons. The van der Waals surface area contributed by atoms with Gasteiger partial charge in [-0.1, -0.05) is 36.4 Å². The highest BCUT2D eigenvalue weighted by Gasteiger charge is 2.10. The zero-order valence-electron chi connectivity index (χ0n) is 11.5. The van der Waals surface area contributed by atoms with Crippen molar-refractivity contribution in [2.75, 3.05) is 0 Å². The van der Waals surface area contributed by atoms with Crippen LogP contribution in [0.1, 0.15) is 5.69 Å². The van der Waals surface area contributed by atoms with Gasteiger partial charge in [0, 0.05) is 16.5 Å². The SMILES string of the molecule is Cc1cc2c3cc(-c4ccccc4)ccc3n(I)c2cn1. The van der Waals surface area contributed by atoms with Crippen LogP contribution < -0.4 is 0 Å². The van der Waals surface area contributed by atoms with Crippen molar-refractivity contribution in [3.63, 3.8) is 0 Å². The van der Waals surface area contributed by atoms with Gasteiger partial charge >= 0.3 is 0 Å². The first kappa shape index (κ1) is 12.8. The molecule has 2 heterocycles. The molecule has 0 bridgehead atoms. The average Bonchev–Trinajstić information content (AvgIpc) is 2.80. The summed E-state index contributed by atoms with van der Waals surface area (Å²) in [7, 11) is 0. The van der Waals surface area contributed by atoms with E-state index in [0.717, 1.165) is 5.69 Å². The van der Waals surface area contributed by atoms with Crippen molar-refractivity contribution in [3.05, 3.63) is 66.5 Å². The molecule has 0 aliphatic rings. The molecule has 2 aromatic carbocycles. The minimum atomic E-state index is 1.05. The molecule has 0 saturated carbocycles. The second kappa shape index (κ2) is 4.84. The standard InChI is InChI=1S/C18H13IN2/c1-12-9-15-16-10-14(13-5-3-2-4-6-13)7-8-17(16)21(19)18(15)11-20-12/h2-11H,1H3. The molecule has 4 aromatic rings. The zero-order valence-corrected chi connectivity index (χ0v) is 13.7. The van der Waals surface area contributed by atoms with Crippen molar-refractivity contribution >= 4 is 44.7 Å². The number of hydrogen-bond acceptors (Lipinski definition) is 1. The fourth-order valence-electron chi connectivity index (χ4n) is 2.79. The monoisotopic (exact) mass is 384 g/mol. The summed E-state index contributed by atoms with van der Waals surface area (Å²) < 4.78 is 2.18. The first-order valence-electron chi connectivity index (χ1n) is 6.86. The second-order valence-corrected chi connectivity index (χ2v) is 6.19. The third-order valence-electron chi connectivity index (χ3n) is 3.84. The van der Waals surface area contributed by atoms with E-state index in [1.807, 2.05) is 19.2 Å². The summed E-state index contributed by atoms with van der Waals surface area (Å²) in [5.41, 5.74) is 5.96. The highest BCUT2D eigenvalue weighted by molar-refractivity contribution is 14.1. The summed E-state index contributed by atoms with van der Waals surface area (Å²) in [5.74, 6) is 0. The van der Waals surface area contributed by atoms with Gasteiger partial charge in [0.2, 0.25) is 0 Å². The van der Waals surface area contributed by atoms with Crippen LogP contribution in [0, 0.1) is 6.92 Å². The normalized spacial score (nSPS) is 11.3. The lowest BCUT2D eigenvalue weighted by atomic mass is 10.0. The third kappa shape index (κ3) is 2.03. The quantitative estimate of drug-likeness (QED) is 0.404. The predicted molar refractivity (Wildman–Crippen MR) is 96.8 cm³/mol. The van der Waals surface area contributed by atoms with Crippen LogP contribution in [-0.2, 0) is 0 Å². The summed E-state index contributed by atoms with van der Waals surface area (Å²) in [6.45, 7) is 2.04. The van der Waals surface area contributed by atoms with Crippen LogP contribution >= 0.6 is 22.9 Å². The van der Waals surface area contributed by atoms with Crippen LogP contribution in [0.4, 0.5) is 0 Å². The van der Waals surface area contributed by atoms with E-state index < -0.39 is 0 Å². The minimum Gasteiger partial charge on any atom is -0.280 e. The molecule has 21 heavy (non-hydrogen) atoms. The Morgan fingerprint density at radius 2 is 1.62 bits per heavy atom. The van der Waals surface area contributed by atoms with E-state index in [4.69, 9.17) is 0 Å². The van der Waals surface area contributed by atoms with Gasteiger partial charge in [-0.15, -0.1) is 0 Å². The van der Waals surface area contributed by atoms with Gasteiger partial charge in [0.15, 0.2) is 0 Å². The van der Waals surface area contributed by atoms with Gasteiger partial charge in [-0.05, 0) is 36.2 Å². The second-order valence-electron chi connectivity index (χ2n) is 5.22. The van der Waals surface area contributed by atoms with E-state index in [1.54, 1.807) is 0 Å². The van der Waals surface area contributed by atoms with Crippen molar-refractivity contribution in [2.24, 2.45) is 0 Å². The van der Waals surface area contributed by atoms with Gasteiger partial charge in [0.05, 0.1) is 40.1 Å². The highest BCUT2D eigenvalue weighted by Crippen LogP contribution is 2.33. The lowest BCUT2D eigenvalue weighted by Gasteiger charge is -2.02. The molecule has 0 fully saturated rings. The Balaban J connectivity index is 2.07. The van der Waals surface area contributed by atoms with Gasteiger partial charge in [-0.3, -0.25) is 7.76 Å². The molecule has 0 amide bonds. The maximum atomic E-state index is 4.42. The first-order valence-corrected chi connectivity index (χ1v) is 7.83. The van der Waals surface area contributed by atoms with Gasteiger partial charge in [-0.2, -0.15) is 0 Å². The number of aryl methyl sites for hydroxylation is 1. The molecule has 0 unspecified atom stereocenters. The number of fused-ring (bicyclic) bond motifs is 3. The molecule has 2 aromatic heterocycles. The zero-order chi connectivity index (χ0) is 14.4. The number of halogens is 1. The molecule has 0 saturated heterocycles. The summed E-state index contributed by atoms with van der Waals surface area (Å²) in [6, 6.07) is 19.3. The summed E-state index contributed by atoms with van der Waals surface area (Å²) in [4.78, 5) is 4.42. The molecular weight excluding hydrogens is 371 g/mol. The van der Waals surface area contributed by atoms with Crippen LogP contribution in [0.3, 0.4) is 0 Å². The number of pyridine rings is 1. The van der Waals surface area contributed by atoms with Crippen LogP contribution in [0.15, 0.2) is 60.8 Å². The lowest BCUT2D eigenvalue weighted by Crippen LogP contribution is -1.81. The molecule has 0 aliphatic carbocycles. The maximum absolute atomic E-state index is 4.42. The maximum Gasteiger partial charge on any atom is 0.0773 e. The van der Waals surface area contributed by atoms with E-state index in [9.17, 15) is 0 Å². The summed E-state index contributed by atoms with van der Waals surface area (Å²) in [5, 5.41) is 2.55. The summed E-state index contributed by atoms with van der Waals surface area (Å²) >= 11 is 2.35. The van der Waals surface area contributed by atoms with Crippen molar-refractivity contribution in [3.8, 4) is 11.1 Å². The Morgan fingerprint density at radius 3 is 2.43 bits per heavy atom. The smallest absolute Gasteiger partial charge is 0.0773 e. The topological polar surface area (TPSA) is 17.8 Å². The van der Waals surface area contributed by atoms with Gasteiger partial charge in [-0.25, -0.2) is 0 Å². The highest BCUT2D eigenvalue weighted by atomic mass is 127. The van der Waals surface area contributed by atoms with Crippen LogP contribution in [0.25, 0.3) is 32.9 Å². The predicted octanol–water partition coefficient (Wildman–Crippen LogP) is 5.36. The molecule has 0 atom stereocenters. The van der Waals surface area contributed by atoms with E-state index in [2.05, 4.69) is 79.2 Å². The van der Waals surface area contributed by atoms with Crippen molar-refractivity contribution in [1.82, 2.24) is 7.76 Å². The van der Waals surface area contributed by atoms with E-state index >= 15 is 0 Å². The minimum absolute atomic E-state index is 1.05. The van der Waals surface area contributed by atoms with Crippen molar-refractivity contribution in [2.45, 2.75) is 6.92 Å². The Labute approximate surface area is 136 Å². The Hall–Kier alpha value is -1.88. The van der Waals surface area contributed by atoms with Crippen LogP contribution in [0.5, 0.6) is 0 Å². The number of benzene rings is 2. The number of nitrogens with zero attached hydrogens (tertiary/aromatic N) is 2. The van der Waals surface area contributed by atoms with E-state index in [1.165, 1.54) is 32.9 Å². The van der Waals surface area contributed by atoms with Gasteiger partial charge in [0.25, 0.3) is 0 Å². The molecule has 3 heteroatoms. The van der Waals surface area contributed by atoms with E-state index in [-0.39, 0.29) is 0 Å². The molecular formula is C18H13IN2. The van der Waals surface area contributed by atoms with Crippen LogP contribution in [0.2, 0.25) is 0 Å². The van der Waals surface area contributed by atoms with Crippen LogP contribution in [-0.4, -0.2) is 7.76 Å². The summed E-state index contributed by atoms with van der Waals surface area (Å²) in [6.07, 6.45) is 1.96. The van der Waals surface area contributed by atoms with Gasteiger partial charge in [0.1, 0.15) is 0 Å². The molecule has 4 rings (SSSR count). The van der Waals surface area contributed by atoms with Gasteiger partial charge < -0.3 is 0 Å². The van der Waals surface area contributed by atoms with Crippen molar-refractivity contribution < 1.29 is 0 Å². The molecule has 0 N–H and O–H groups in total. The molecule has 102 valence electrons. The fraction of sp³-hybridized carbons (Fsp3) is 0.0556. The third-order valence-corrected chi connectivity index (χ3v) is 4.88.